The Morgan fingerprint density at radius 1 is 0.305 bits per heavy atom. The molecule has 1 aromatic heterocycles. The number of benzene rings is 7. The van der Waals surface area contributed by atoms with Crippen molar-refractivity contribution >= 4 is 72.8 Å². The van der Waals surface area contributed by atoms with E-state index in [2.05, 4.69) is 241 Å². The van der Waals surface area contributed by atoms with Crippen LogP contribution in [0.25, 0.3) is 0 Å². The van der Waals surface area contributed by atoms with Gasteiger partial charge in [0.15, 0.2) is 27.8 Å². The molecule has 0 spiro atoms. The Morgan fingerprint density at radius 2 is 0.508 bits per heavy atom. The predicted molar refractivity (Wildman–Crippen MR) is 239 cm³/mol. The van der Waals surface area contributed by atoms with E-state index in [9.17, 15) is 0 Å². The van der Waals surface area contributed by atoms with E-state index in [-0.39, 0.29) is 17.1 Å². The van der Waals surface area contributed by atoms with E-state index in [1.807, 2.05) is 0 Å². The number of hydrogen-bond acceptors (Lipinski definition) is 7. The second-order valence-corrected chi connectivity index (χ2v) is 20.3. The molecule has 59 heavy (non-hydrogen) atoms. The van der Waals surface area contributed by atoms with E-state index in [4.69, 9.17) is 23.6 Å². The Labute approximate surface area is 362 Å². The van der Waals surface area contributed by atoms with Gasteiger partial charge in [-0.3, -0.25) is 0 Å². The minimum atomic E-state index is -4.94. The molecule has 0 aliphatic carbocycles. The van der Waals surface area contributed by atoms with Gasteiger partial charge in [-0.2, -0.15) is 0 Å². The SMILES string of the molecule is [Cu+].[O-][Cl+3]([O-])([O-])[O-].c1ccc([PH+](Nc2cccc(N[PH+](c3ccccc3)c3ccccc3)n2)c2ccccc2)cc1.c1ccc([PH+](c2ccccc2)c2ccccc2)cc1. The van der Waals surface area contributed by atoms with Crippen molar-refractivity contribution in [2.45, 2.75) is 0 Å². The summed E-state index contributed by atoms with van der Waals surface area (Å²) in [5, 5.41) is 17.1. The fourth-order valence-corrected chi connectivity index (χ4v) is 12.9. The van der Waals surface area contributed by atoms with Crippen molar-refractivity contribution in [3.63, 3.8) is 0 Å². The maximum absolute atomic E-state index is 8.49. The number of anilines is 2. The van der Waals surface area contributed by atoms with Crippen LogP contribution >= 0.6 is 24.1 Å². The maximum Gasteiger partial charge on any atom is 1.00 e. The van der Waals surface area contributed by atoms with Gasteiger partial charge in [-0.25, -0.2) is 33.8 Å². The van der Waals surface area contributed by atoms with Crippen molar-refractivity contribution < 1.29 is 45.9 Å². The summed E-state index contributed by atoms with van der Waals surface area (Å²) in [6.07, 6.45) is 0. The van der Waals surface area contributed by atoms with E-state index in [1.54, 1.807) is 0 Å². The second-order valence-electron chi connectivity index (χ2n) is 12.7. The van der Waals surface area contributed by atoms with Crippen LogP contribution in [0.3, 0.4) is 0 Å². The molecule has 0 aliphatic rings. The first-order chi connectivity index (χ1) is 28.3. The zero-order valence-electron chi connectivity index (χ0n) is 31.7. The molecule has 0 atom stereocenters. The molecule has 8 rings (SSSR count). The molecule has 7 aromatic carbocycles. The van der Waals surface area contributed by atoms with Crippen molar-refractivity contribution in [3.05, 3.63) is 231 Å². The average molecular weight is 906 g/mol. The maximum atomic E-state index is 8.49. The van der Waals surface area contributed by atoms with Gasteiger partial charge in [0, 0.05) is 0 Å². The van der Waals surface area contributed by atoms with Gasteiger partial charge >= 0.3 is 17.1 Å². The van der Waals surface area contributed by atoms with Crippen LogP contribution in [0.2, 0.25) is 0 Å². The van der Waals surface area contributed by atoms with Crippen LogP contribution < -0.4 is 65.9 Å². The molecule has 1 heterocycles. The van der Waals surface area contributed by atoms with Crippen molar-refractivity contribution in [1.82, 2.24) is 4.98 Å². The number of nitrogens with zero attached hydrogens (tertiary/aromatic N) is 1. The third kappa shape index (κ3) is 14.8. The number of pyridine rings is 1. The largest absolute Gasteiger partial charge is 1.00 e. The average Bonchev–Trinajstić information content (AvgIpc) is 3.27. The van der Waals surface area contributed by atoms with Gasteiger partial charge in [0.1, 0.15) is 37.1 Å². The van der Waals surface area contributed by atoms with E-state index in [1.165, 1.54) is 37.1 Å². The Morgan fingerprint density at radius 3 is 0.729 bits per heavy atom. The number of halogens is 1. The molecular weight excluding hydrogens is 862 g/mol. The fraction of sp³-hybridized carbons (Fsp3) is 0. The van der Waals surface area contributed by atoms with Crippen molar-refractivity contribution in [2.75, 3.05) is 10.2 Å². The molecular formula is C47H43ClCuN3O4P3+3. The molecule has 2 N–H and O–H groups in total. The Kier molecular flexibility index (Phi) is 18.2. The topological polar surface area (TPSA) is 129 Å². The predicted octanol–water partition coefficient (Wildman–Crippen LogP) is 3.88. The molecule has 0 unspecified atom stereocenters. The summed E-state index contributed by atoms with van der Waals surface area (Å²) >= 11 is 0. The monoisotopic (exact) mass is 904 g/mol. The van der Waals surface area contributed by atoms with Gasteiger partial charge in [-0.1, -0.05) is 133 Å². The van der Waals surface area contributed by atoms with Gasteiger partial charge in [-0.15, -0.1) is 10.2 Å². The molecule has 12 heteroatoms. The number of rotatable bonds is 11. The van der Waals surface area contributed by atoms with Crippen LogP contribution in [-0.4, -0.2) is 4.98 Å². The van der Waals surface area contributed by atoms with Gasteiger partial charge in [0.2, 0.25) is 0 Å². The van der Waals surface area contributed by atoms with Crippen LogP contribution in [0, 0.1) is 10.2 Å². The van der Waals surface area contributed by atoms with Gasteiger partial charge in [-0.05, 0) is 97.1 Å². The summed E-state index contributed by atoms with van der Waals surface area (Å²) in [4.78, 5) is 4.98. The molecule has 0 saturated heterocycles. The van der Waals surface area contributed by atoms with E-state index in [0.717, 1.165) is 11.6 Å². The molecule has 0 aliphatic heterocycles. The first-order valence-corrected chi connectivity index (χ1v) is 24.2. The molecule has 8 aromatic rings. The molecule has 7 nitrogen and oxygen atoms in total. The van der Waals surface area contributed by atoms with Crippen LogP contribution in [0.5, 0.6) is 0 Å². The van der Waals surface area contributed by atoms with Gasteiger partial charge < -0.3 is 0 Å². The van der Waals surface area contributed by atoms with Crippen LogP contribution in [-0.2, 0) is 17.1 Å². The van der Waals surface area contributed by atoms with Crippen molar-refractivity contribution in [3.8, 4) is 0 Å². The molecule has 0 bridgehead atoms. The zero-order chi connectivity index (χ0) is 40.4. The summed E-state index contributed by atoms with van der Waals surface area (Å²) in [6, 6.07) is 81.3. The molecule has 300 valence electrons. The van der Waals surface area contributed by atoms with Crippen LogP contribution in [0.15, 0.2) is 231 Å². The molecule has 0 amide bonds. The number of nitrogens with one attached hydrogen (secondary N) is 2. The molecule has 0 fully saturated rings. The van der Waals surface area contributed by atoms with Crippen molar-refractivity contribution in [2.24, 2.45) is 0 Å². The van der Waals surface area contributed by atoms with Crippen LogP contribution in [0.1, 0.15) is 0 Å². The van der Waals surface area contributed by atoms with Gasteiger partial charge in [0.25, 0.3) is 0 Å². The second kappa shape index (κ2) is 23.7. The smallest absolute Gasteiger partial charge is 0.235 e. The van der Waals surface area contributed by atoms with E-state index < -0.39 is 34.3 Å². The summed E-state index contributed by atoms with van der Waals surface area (Å²) in [5.41, 5.74) is 0. The zero-order valence-corrected chi connectivity index (χ0v) is 36.4. The Balaban J connectivity index is 0.000000223. The minimum Gasteiger partial charge on any atom is -0.235 e. The first kappa shape index (κ1) is 45.3. The van der Waals surface area contributed by atoms with E-state index >= 15 is 0 Å². The van der Waals surface area contributed by atoms with Gasteiger partial charge in [0.05, 0.1) is 7.92 Å². The summed E-state index contributed by atoms with van der Waals surface area (Å²) < 4.78 is 34.0. The Bertz CT molecular complexity index is 2080. The quantitative estimate of drug-likeness (QED) is 0.149. The number of hydrogen-bond donors (Lipinski definition) is 2. The summed E-state index contributed by atoms with van der Waals surface area (Å²) in [6.45, 7) is 0. The number of aromatic nitrogens is 1. The summed E-state index contributed by atoms with van der Waals surface area (Å²) in [7, 11) is -8.29. The van der Waals surface area contributed by atoms with E-state index in [0.29, 0.717) is 0 Å². The Hall–Kier alpha value is -4.77. The minimum absolute atomic E-state index is 0. The first-order valence-electron chi connectivity index (χ1n) is 18.4. The van der Waals surface area contributed by atoms with Crippen molar-refractivity contribution in [1.29, 1.82) is 0 Å². The normalized spacial score (nSPS) is 10.7. The third-order valence-corrected chi connectivity index (χ3v) is 16.1. The third-order valence-electron chi connectivity index (χ3n) is 8.69. The standard InChI is InChI=1S/C29H25N3P2.C18H15P.ClHO4.Cu/c1-5-14-24(15-6-1)33(25-16-7-2-8-17-25)31-28-22-13-23-29(30-28)32-34(26-18-9-3-10-19-26)27-20-11-4-12-21-27;1-4-10-16(11-5-1)19(17-12-6-2-7-13-17)18-14-8-3-9-15-18;2-1(3,4)5;/h1-23H,(H2,30,31,32);1-15H;(H,2,3,4,5);/q;;;+1/p+2. The summed E-state index contributed by atoms with van der Waals surface area (Å²) in [5.74, 6) is 1.77. The molecule has 0 saturated carbocycles. The van der Waals surface area contributed by atoms with Crippen LogP contribution in [0.4, 0.5) is 11.6 Å². The fourth-order valence-electron chi connectivity index (χ4n) is 6.19. The molecule has 0 radical (unpaired) electrons.